The first-order valence-electron chi connectivity index (χ1n) is 9.48. The Morgan fingerprint density at radius 2 is 1.85 bits per heavy atom. The molecule has 6 heteroatoms. The lowest BCUT2D eigenvalue weighted by Gasteiger charge is -2.21. The molecule has 3 rings (SSSR count). The Morgan fingerprint density at radius 3 is 2.56 bits per heavy atom. The van der Waals surface area contributed by atoms with Crippen molar-refractivity contribution in [3.63, 3.8) is 0 Å². The van der Waals surface area contributed by atoms with Crippen molar-refractivity contribution in [2.75, 3.05) is 23.3 Å². The average molecular weight is 366 g/mol. The number of fused-ring (bicyclic) bond motifs is 1. The molecule has 6 nitrogen and oxygen atoms in total. The number of hydrogen-bond donors (Lipinski definition) is 1. The van der Waals surface area contributed by atoms with Gasteiger partial charge < -0.3 is 14.6 Å². The van der Waals surface area contributed by atoms with Crippen molar-refractivity contribution in [3.8, 4) is 0 Å². The van der Waals surface area contributed by atoms with Crippen LogP contribution in [0.5, 0.6) is 0 Å². The number of aryl methyl sites for hydroxylation is 2. The third kappa shape index (κ3) is 4.27. The lowest BCUT2D eigenvalue weighted by atomic mass is 10.1. The van der Waals surface area contributed by atoms with Gasteiger partial charge in [0.25, 0.3) is 0 Å². The Morgan fingerprint density at radius 1 is 1.07 bits per heavy atom. The minimum absolute atomic E-state index is 0.345. The van der Waals surface area contributed by atoms with Gasteiger partial charge in [0.2, 0.25) is 5.95 Å². The van der Waals surface area contributed by atoms with Crippen LogP contribution in [-0.4, -0.2) is 23.1 Å². The summed E-state index contributed by atoms with van der Waals surface area (Å²) in [5.74, 6) is 1.47. The van der Waals surface area contributed by atoms with Crippen molar-refractivity contribution >= 4 is 28.4 Å². The lowest BCUT2D eigenvalue weighted by Crippen LogP contribution is -2.23. The van der Waals surface area contributed by atoms with E-state index >= 15 is 0 Å². The lowest BCUT2D eigenvalue weighted by molar-refractivity contribution is 0.560. The molecule has 0 radical (unpaired) electrons. The molecule has 27 heavy (non-hydrogen) atoms. The monoisotopic (exact) mass is 366 g/mol. The third-order valence-electron chi connectivity index (χ3n) is 4.57. The smallest absolute Gasteiger partial charge is 0.336 e. The molecule has 2 heterocycles. The van der Waals surface area contributed by atoms with Gasteiger partial charge in [0.05, 0.1) is 0 Å². The number of hydrogen-bond acceptors (Lipinski definition) is 6. The molecule has 0 saturated carbocycles. The van der Waals surface area contributed by atoms with Crippen LogP contribution in [0.25, 0.3) is 11.0 Å². The maximum absolute atomic E-state index is 11.7. The summed E-state index contributed by atoms with van der Waals surface area (Å²) in [5, 5.41) is 4.19. The molecule has 0 unspecified atom stereocenters. The van der Waals surface area contributed by atoms with Gasteiger partial charge in [-0.05, 0) is 44.9 Å². The molecule has 2 aromatic heterocycles. The first-order valence-corrected chi connectivity index (χ1v) is 9.48. The summed E-state index contributed by atoms with van der Waals surface area (Å²) >= 11 is 0. The fraction of sp³-hybridized carbons (Fsp3) is 0.381. The fourth-order valence-corrected chi connectivity index (χ4v) is 3.16. The van der Waals surface area contributed by atoms with Gasteiger partial charge in [-0.1, -0.05) is 13.3 Å². The Bertz CT molecular complexity index is 993. The first-order chi connectivity index (χ1) is 13.0. The van der Waals surface area contributed by atoms with Gasteiger partial charge in [-0.15, -0.1) is 0 Å². The number of nitrogens with one attached hydrogen (secondary N) is 1. The molecule has 0 saturated heterocycles. The fourth-order valence-electron chi connectivity index (χ4n) is 3.16. The van der Waals surface area contributed by atoms with Crippen molar-refractivity contribution in [2.45, 2.75) is 40.5 Å². The summed E-state index contributed by atoms with van der Waals surface area (Å²) in [6, 6.07) is 9.27. The molecule has 142 valence electrons. The quantitative estimate of drug-likeness (QED) is 0.624. The SMILES string of the molecule is CCCc1cc(N(CC)CC)nc(Nc2ccc3c(C)cc(=O)oc3c2)n1. The summed E-state index contributed by atoms with van der Waals surface area (Å²) in [7, 11) is 0. The second-order valence-electron chi connectivity index (χ2n) is 6.55. The predicted octanol–water partition coefficient (Wildman–Crippen LogP) is 4.43. The third-order valence-corrected chi connectivity index (χ3v) is 4.57. The van der Waals surface area contributed by atoms with E-state index in [-0.39, 0.29) is 5.63 Å². The van der Waals surface area contributed by atoms with Gasteiger partial charge in [-0.2, -0.15) is 4.98 Å². The van der Waals surface area contributed by atoms with Crippen LogP contribution in [0.15, 0.2) is 39.5 Å². The van der Waals surface area contributed by atoms with Gasteiger partial charge in [-0.3, -0.25) is 0 Å². The van der Waals surface area contributed by atoms with Crippen LogP contribution in [0.1, 0.15) is 38.4 Å². The van der Waals surface area contributed by atoms with E-state index in [2.05, 4.69) is 47.0 Å². The molecule has 0 aliphatic carbocycles. The van der Waals surface area contributed by atoms with Crippen molar-refractivity contribution < 1.29 is 4.42 Å². The summed E-state index contributed by atoms with van der Waals surface area (Å²) < 4.78 is 5.34. The van der Waals surface area contributed by atoms with Crippen LogP contribution >= 0.6 is 0 Å². The number of aromatic nitrogens is 2. The molecule has 0 aliphatic rings. The summed E-state index contributed by atoms with van der Waals surface area (Å²) in [6.07, 6.45) is 1.92. The van der Waals surface area contributed by atoms with Gasteiger partial charge in [-0.25, -0.2) is 9.78 Å². The van der Waals surface area contributed by atoms with Crippen molar-refractivity contribution in [3.05, 3.63) is 52.0 Å². The molecule has 0 aliphatic heterocycles. The van der Waals surface area contributed by atoms with Crippen LogP contribution in [0.3, 0.4) is 0 Å². The van der Waals surface area contributed by atoms with Crippen LogP contribution in [0, 0.1) is 6.92 Å². The molecule has 0 atom stereocenters. The molecule has 1 aromatic carbocycles. The Hall–Kier alpha value is -2.89. The Balaban J connectivity index is 1.98. The molecule has 1 N–H and O–H groups in total. The zero-order chi connectivity index (χ0) is 19.4. The maximum Gasteiger partial charge on any atom is 0.336 e. The van der Waals surface area contributed by atoms with Crippen LogP contribution in [0.4, 0.5) is 17.5 Å². The van der Waals surface area contributed by atoms with E-state index < -0.39 is 0 Å². The second kappa shape index (κ2) is 8.20. The van der Waals surface area contributed by atoms with Gasteiger partial charge in [0.15, 0.2) is 0 Å². The molecular weight excluding hydrogens is 340 g/mol. The Kier molecular flexibility index (Phi) is 5.74. The van der Waals surface area contributed by atoms with E-state index in [1.165, 1.54) is 6.07 Å². The number of rotatable bonds is 7. The minimum Gasteiger partial charge on any atom is -0.423 e. The molecule has 3 aromatic rings. The van der Waals surface area contributed by atoms with Gasteiger partial charge >= 0.3 is 5.63 Å². The normalized spacial score (nSPS) is 11.0. The summed E-state index contributed by atoms with van der Waals surface area (Å²) in [5.41, 5.74) is 2.91. The zero-order valence-electron chi connectivity index (χ0n) is 16.4. The van der Waals surface area contributed by atoms with E-state index in [9.17, 15) is 4.79 Å². The number of benzene rings is 1. The highest BCUT2D eigenvalue weighted by Crippen LogP contribution is 2.24. The Labute approximate surface area is 159 Å². The van der Waals surface area contributed by atoms with Crippen molar-refractivity contribution in [1.29, 1.82) is 0 Å². The van der Waals surface area contributed by atoms with E-state index in [4.69, 9.17) is 4.42 Å². The summed E-state index contributed by atoms with van der Waals surface area (Å²) in [6.45, 7) is 10.1. The largest absolute Gasteiger partial charge is 0.423 e. The van der Waals surface area contributed by atoms with Crippen molar-refractivity contribution in [2.24, 2.45) is 0 Å². The first kappa shape index (κ1) is 18.9. The van der Waals surface area contributed by atoms with Crippen LogP contribution < -0.4 is 15.8 Å². The molecule has 0 spiro atoms. The molecule has 0 bridgehead atoms. The number of anilines is 3. The maximum atomic E-state index is 11.7. The van der Waals surface area contributed by atoms with Crippen LogP contribution in [0.2, 0.25) is 0 Å². The topological polar surface area (TPSA) is 71.3 Å². The standard InChI is InChI=1S/C21H26N4O2/c1-5-8-15-13-19(25(6-2)7-3)24-21(22-15)23-16-9-10-17-14(4)11-20(26)27-18(17)12-16/h9-13H,5-8H2,1-4H3,(H,22,23,24). The minimum atomic E-state index is -0.345. The highest BCUT2D eigenvalue weighted by atomic mass is 16.4. The summed E-state index contributed by atoms with van der Waals surface area (Å²) in [4.78, 5) is 23.2. The van der Waals surface area contributed by atoms with Gasteiger partial charge in [0, 0.05) is 48.1 Å². The molecule has 0 amide bonds. The highest BCUT2D eigenvalue weighted by molar-refractivity contribution is 5.83. The van der Waals surface area contributed by atoms with Gasteiger partial charge in [0.1, 0.15) is 11.4 Å². The number of nitrogens with zero attached hydrogens (tertiary/aromatic N) is 3. The van der Waals surface area contributed by atoms with Crippen molar-refractivity contribution in [1.82, 2.24) is 9.97 Å². The average Bonchev–Trinajstić information content (AvgIpc) is 2.62. The van der Waals surface area contributed by atoms with E-state index in [0.717, 1.165) is 54.1 Å². The zero-order valence-corrected chi connectivity index (χ0v) is 16.4. The predicted molar refractivity (Wildman–Crippen MR) is 110 cm³/mol. The van der Waals surface area contributed by atoms with E-state index in [1.54, 1.807) is 0 Å². The van der Waals surface area contributed by atoms with Crippen LogP contribution in [-0.2, 0) is 6.42 Å². The van der Waals surface area contributed by atoms with E-state index in [1.807, 2.05) is 25.1 Å². The highest BCUT2D eigenvalue weighted by Gasteiger charge is 2.10. The second-order valence-corrected chi connectivity index (χ2v) is 6.55. The molecular formula is C21H26N4O2. The molecule has 0 fully saturated rings. The van der Waals surface area contributed by atoms with E-state index in [0.29, 0.717) is 11.5 Å².